The molecular weight excluding hydrogens is 351 g/mol. The number of rotatable bonds is 3. The zero-order chi connectivity index (χ0) is 17.4. The lowest BCUT2D eigenvalue weighted by Crippen LogP contribution is -2.28. The van der Waals surface area contributed by atoms with Gasteiger partial charge in [-0.2, -0.15) is 0 Å². The number of oxime groups is 1. The Bertz CT molecular complexity index is 887. The quantitative estimate of drug-likeness (QED) is 0.909. The number of amides is 1. The molecule has 128 valence electrons. The average molecular weight is 363 g/mol. The van der Waals surface area contributed by atoms with Crippen LogP contribution in [-0.4, -0.2) is 24.5 Å². The fourth-order valence-electron chi connectivity index (χ4n) is 2.58. The molecule has 4 rings (SSSR count). The van der Waals surface area contributed by atoms with Crippen molar-refractivity contribution in [1.29, 1.82) is 0 Å². The van der Waals surface area contributed by atoms with Gasteiger partial charge in [0.25, 0.3) is 5.91 Å². The third-order valence-electron chi connectivity index (χ3n) is 3.84. The molecule has 0 saturated carbocycles. The Balaban J connectivity index is 1.45. The first-order chi connectivity index (χ1) is 12.1. The molecule has 6 nitrogen and oxygen atoms in total. The maximum absolute atomic E-state index is 13.3. The molecule has 1 unspecified atom stereocenters. The van der Waals surface area contributed by atoms with Crippen LogP contribution in [0.1, 0.15) is 12.0 Å². The first-order valence-corrected chi connectivity index (χ1v) is 7.86. The summed E-state index contributed by atoms with van der Waals surface area (Å²) >= 11 is 6.14. The van der Waals surface area contributed by atoms with Crippen LogP contribution in [0.25, 0.3) is 0 Å². The second kappa shape index (κ2) is 6.25. The summed E-state index contributed by atoms with van der Waals surface area (Å²) in [6.45, 7) is 0.111. The second-order valence-corrected chi connectivity index (χ2v) is 5.93. The molecule has 2 aromatic carbocycles. The Kier molecular flexibility index (Phi) is 3.93. The van der Waals surface area contributed by atoms with Gasteiger partial charge in [0.2, 0.25) is 12.9 Å². The topological polar surface area (TPSA) is 69.2 Å². The lowest BCUT2D eigenvalue weighted by Gasteiger charge is -2.11. The van der Waals surface area contributed by atoms with Gasteiger partial charge >= 0.3 is 0 Å². The molecule has 1 N–H and O–H groups in total. The number of halogens is 2. The molecule has 0 spiro atoms. The van der Waals surface area contributed by atoms with E-state index in [0.29, 0.717) is 33.5 Å². The average Bonchev–Trinajstić information content (AvgIpc) is 3.24. The van der Waals surface area contributed by atoms with E-state index in [-0.39, 0.29) is 19.0 Å². The first kappa shape index (κ1) is 15.7. The van der Waals surface area contributed by atoms with Crippen molar-refractivity contribution in [1.82, 2.24) is 0 Å². The van der Waals surface area contributed by atoms with E-state index < -0.39 is 12.0 Å². The lowest BCUT2D eigenvalue weighted by atomic mass is 10.0. The molecular formula is C17H12ClFN2O4. The van der Waals surface area contributed by atoms with E-state index in [1.54, 1.807) is 24.3 Å². The fourth-order valence-corrected chi connectivity index (χ4v) is 2.78. The van der Waals surface area contributed by atoms with Gasteiger partial charge < -0.3 is 19.6 Å². The lowest BCUT2D eigenvalue weighted by molar-refractivity contribution is -0.125. The summed E-state index contributed by atoms with van der Waals surface area (Å²) in [4.78, 5) is 17.6. The van der Waals surface area contributed by atoms with E-state index >= 15 is 0 Å². The molecule has 0 aliphatic carbocycles. The minimum Gasteiger partial charge on any atom is -0.454 e. The molecule has 25 heavy (non-hydrogen) atoms. The molecule has 0 radical (unpaired) electrons. The highest BCUT2D eigenvalue weighted by atomic mass is 35.5. The van der Waals surface area contributed by atoms with Crippen molar-refractivity contribution in [2.75, 3.05) is 12.1 Å². The minimum absolute atomic E-state index is 0.111. The van der Waals surface area contributed by atoms with Gasteiger partial charge in [0, 0.05) is 24.1 Å². The van der Waals surface area contributed by atoms with Gasteiger partial charge in [0.15, 0.2) is 11.5 Å². The highest BCUT2D eigenvalue weighted by molar-refractivity contribution is 6.34. The predicted molar refractivity (Wildman–Crippen MR) is 88.6 cm³/mol. The molecule has 0 saturated heterocycles. The maximum atomic E-state index is 13.3. The zero-order valence-electron chi connectivity index (χ0n) is 12.8. The summed E-state index contributed by atoms with van der Waals surface area (Å²) in [7, 11) is 0. The molecule has 1 amide bonds. The number of hydrogen-bond donors (Lipinski definition) is 1. The van der Waals surface area contributed by atoms with Crippen LogP contribution in [0, 0.1) is 5.82 Å². The first-order valence-electron chi connectivity index (χ1n) is 7.49. The van der Waals surface area contributed by atoms with Gasteiger partial charge in [-0.15, -0.1) is 0 Å². The van der Waals surface area contributed by atoms with E-state index in [1.807, 2.05) is 0 Å². The fraction of sp³-hybridized carbons (Fsp3) is 0.176. The molecule has 0 fully saturated rings. The van der Waals surface area contributed by atoms with Crippen LogP contribution >= 0.6 is 11.6 Å². The SMILES string of the molecule is O=C(Nc1cc2c(cc1Cl)OCO2)C1CC(c2cccc(F)c2)=NO1. The summed E-state index contributed by atoms with van der Waals surface area (Å²) in [5.41, 5.74) is 1.48. The molecule has 2 aliphatic heterocycles. The number of fused-ring (bicyclic) bond motifs is 1. The Morgan fingerprint density at radius 2 is 2.04 bits per heavy atom. The van der Waals surface area contributed by atoms with E-state index in [4.69, 9.17) is 25.9 Å². The van der Waals surface area contributed by atoms with Gasteiger partial charge in [-0.25, -0.2) is 4.39 Å². The molecule has 8 heteroatoms. The molecule has 2 heterocycles. The van der Waals surface area contributed by atoms with Crippen LogP contribution in [0.15, 0.2) is 41.6 Å². The standard InChI is InChI=1S/C17H12ClFN2O4/c18-11-5-14-15(24-8-23-14)7-13(11)20-17(22)16-6-12(21-25-16)9-2-1-3-10(19)4-9/h1-5,7,16H,6,8H2,(H,20,22). The normalized spacial score (nSPS) is 17.8. The van der Waals surface area contributed by atoms with Crippen LogP contribution in [0.2, 0.25) is 5.02 Å². The van der Waals surface area contributed by atoms with Crippen molar-refractivity contribution in [3.63, 3.8) is 0 Å². The molecule has 2 aromatic rings. The van der Waals surface area contributed by atoms with Crippen LogP contribution in [0.4, 0.5) is 10.1 Å². The van der Waals surface area contributed by atoms with Crippen molar-refractivity contribution in [2.45, 2.75) is 12.5 Å². The highest BCUT2D eigenvalue weighted by Crippen LogP contribution is 2.39. The number of ether oxygens (including phenoxy) is 2. The van der Waals surface area contributed by atoms with E-state index in [2.05, 4.69) is 10.5 Å². The smallest absolute Gasteiger partial charge is 0.268 e. The van der Waals surface area contributed by atoms with E-state index in [1.165, 1.54) is 12.1 Å². The summed E-state index contributed by atoms with van der Waals surface area (Å²) in [5.74, 6) is 0.247. The number of hydrogen-bond acceptors (Lipinski definition) is 5. The third kappa shape index (κ3) is 3.10. The van der Waals surface area contributed by atoms with Gasteiger partial charge in [-0.05, 0) is 12.1 Å². The monoisotopic (exact) mass is 362 g/mol. The Morgan fingerprint density at radius 3 is 2.84 bits per heavy atom. The molecule has 1 atom stereocenters. The number of benzene rings is 2. The number of anilines is 1. The number of nitrogens with one attached hydrogen (secondary N) is 1. The zero-order valence-corrected chi connectivity index (χ0v) is 13.5. The van der Waals surface area contributed by atoms with Gasteiger partial charge in [0.05, 0.1) is 16.4 Å². The number of carbonyl (C=O) groups excluding carboxylic acids is 1. The van der Waals surface area contributed by atoms with E-state index in [9.17, 15) is 9.18 Å². The van der Waals surface area contributed by atoms with Gasteiger partial charge in [-0.1, -0.05) is 28.9 Å². The van der Waals surface area contributed by atoms with Crippen LogP contribution in [0.5, 0.6) is 11.5 Å². The second-order valence-electron chi connectivity index (χ2n) is 5.52. The van der Waals surface area contributed by atoms with Crippen LogP contribution < -0.4 is 14.8 Å². The predicted octanol–water partition coefficient (Wildman–Crippen LogP) is 3.34. The molecule has 0 bridgehead atoms. The highest BCUT2D eigenvalue weighted by Gasteiger charge is 2.30. The molecule has 2 aliphatic rings. The Hall–Kier alpha value is -2.80. The van der Waals surface area contributed by atoms with Crippen LogP contribution in [-0.2, 0) is 9.63 Å². The van der Waals surface area contributed by atoms with Gasteiger partial charge in [-0.3, -0.25) is 4.79 Å². The largest absolute Gasteiger partial charge is 0.454 e. The van der Waals surface area contributed by atoms with Crippen LogP contribution in [0.3, 0.4) is 0 Å². The van der Waals surface area contributed by atoms with Crippen molar-refractivity contribution < 1.29 is 23.5 Å². The summed E-state index contributed by atoms with van der Waals surface area (Å²) in [6.07, 6.45) is -0.586. The van der Waals surface area contributed by atoms with Crippen molar-refractivity contribution in [3.8, 4) is 11.5 Å². The van der Waals surface area contributed by atoms with Crippen molar-refractivity contribution in [2.24, 2.45) is 5.16 Å². The molecule has 0 aromatic heterocycles. The maximum Gasteiger partial charge on any atom is 0.268 e. The minimum atomic E-state index is -0.820. The van der Waals surface area contributed by atoms with Gasteiger partial charge in [0.1, 0.15) is 5.82 Å². The Morgan fingerprint density at radius 1 is 1.24 bits per heavy atom. The Labute approximate surface area is 147 Å². The third-order valence-corrected chi connectivity index (χ3v) is 4.15. The number of carbonyl (C=O) groups is 1. The summed E-state index contributed by atoms with van der Waals surface area (Å²) in [5, 5.41) is 6.89. The number of nitrogens with zero attached hydrogens (tertiary/aromatic N) is 1. The summed E-state index contributed by atoms with van der Waals surface area (Å²) < 4.78 is 23.8. The van der Waals surface area contributed by atoms with Crippen molar-refractivity contribution >= 4 is 28.9 Å². The summed E-state index contributed by atoms with van der Waals surface area (Å²) in [6, 6.07) is 9.13. The van der Waals surface area contributed by atoms with Crippen molar-refractivity contribution in [3.05, 3.63) is 52.8 Å². The van der Waals surface area contributed by atoms with E-state index in [0.717, 1.165) is 0 Å².